The normalized spacial score (nSPS) is 16.8. The molecule has 8 heteroatoms. The first kappa shape index (κ1) is 16.6. The van der Waals surface area contributed by atoms with Crippen LogP contribution in [-0.4, -0.2) is 46.9 Å². The van der Waals surface area contributed by atoms with E-state index in [1.54, 1.807) is 0 Å². The summed E-state index contributed by atoms with van der Waals surface area (Å²) in [5.41, 5.74) is 2.60. The smallest absolute Gasteiger partial charge is 0.276 e. The molecule has 4 aromatic rings. The summed E-state index contributed by atoms with van der Waals surface area (Å²) in [4.78, 5) is 16.7. The first-order chi connectivity index (χ1) is 13.7. The molecule has 140 valence electrons. The van der Waals surface area contributed by atoms with Gasteiger partial charge in [0.15, 0.2) is 17.2 Å². The average Bonchev–Trinajstić information content (AvgIpc) is 3.45. The number of hydrogen-bond acceptors (Lipinski definition) is 5. The highest BCUT2D eigenvalue weighted by Gasteiger charge is 2.35. The third-order valence-electron chi connectivity index (χ3n) is 5.12. The monoisotopic (exact) mass is 373 g/mol. The zero-order valence-corrected chi connectivity index (χ0v) is 15.4. The van der Waals surface area contributed by atoms with Crippen molar-refractivity contribution in [1.29, 1.82) is 0 Å². The van der Waals surface area contributed by atoms with Gasteiger partial charge in [-0.3, -0.25) is 9.20 Å². The molecule has 8 nitrogen and oxygen atoms in total. The summed E-state index contributed by atoms with van der Waals surface area (Å²) in [5, 5.41) is 17.5. The van der Waals surface area contributed by atoms with Gasteiger partial charge in [0.1, 0.15) is 0 Å². The number of hydrogen-bond donors (Lipinski definition) is 0. The summed E-state index contributed by atoms with van der Waals surface area (Å²) in [6, 6.07) is 15.3. The molecular formula is C20H19N7O. The highest BCUT2D eigenvalue weighted by atomic mass is 16.2. The van der Waals surface area contributed by atoms with Gasteiger partial charge in [-0.1, -0.05) is 24.3 Å². The van der Waals surface area contributed by atoms with Crippen LogP contribution < -0.4 is 0 Å². The van der Waals surface area contributed by atoms with Gasteiger partial charge in [-0.25, -0.2) is 0 Å². The average molecular weight is 373 g/mol. The number of benzene rings is 1. The van der Waals surface area contributed by atoms with E-state index in [1.165, 1.54) is 4.80 Å². The Morgan fingerprint density at radius 1 is 1.04 bits per heavy atom. The molecule has 1 aliphatic heterocycles. The molecule has 1 atom stereocenters. The lowest BCUT2D eigenvalue weighted by molar-refractivity contribution is 0.0722. The van der Waals surface area contributed by atoms with E-state index in [2.05, 4.69) is 20.4 Å². The lowest BCUT2D eigenvalue weighted by Crippen LogP contribution is -2.32. The molecular weight excluding hydrogens is 354 g/mol. The molecule has 28 heavy (non-hydrogen) atoms. The second-order valence-corrected chi connectivity index (χ2v) is 6.90. The molecule has 1 aromatic carbocycles. The second-order valence-electron chi connectivity index (χ2n) is 6.90. The van der Waals surface area contributed by atoms with Gasteiger partial charge in [-0.15, -0.1) is 15.3 Å². The van der Waals surface area contributed by atoms with E-state index in [9.17, 15) is 4.79 Å². The van der Waals surface area contributed by atoms with Crippen molar-refractivity contribution in [1.82, 2.24) is 34.5 Å². The minimum atomic E-state index is -0.119. The van der Waals surface area contributed by atoms with Crippen LogP contribution in [-0.2, 0) is 0 Å². The summed E-state index contributed by atoms with van der Waals surface area (Å²) in [5.74, 6) is 0.671. The van der Waals surface area contributed by atoms with Crippen molar-refractivity contribution in [3.63, 3.8) is 0 Å². The number of carbonyl (C=O) groups excluding carboxylic acids is 1. The maximum absolute atomic E-state index is 13.3. The molecule has 1 unspecified atom stereocenters. The van der Waals surface area contributed by atoms with Crippen molar-refractivity contribution in [3.8, 4) is 5.69 Å². The molecule has 1 amide bonds. The van der Waals surface area contributed by atoms with E-state index in [0.29, 0.717) is 17.9 Å². The summed E-state index contributed by atoms with van der Waals surface area (Å²) in [6.07, 6.45) is 3.71. The third-order valence-corrected chi connectivity index (χ3v) is 5.12. The maximum atomic E-state index is 13.3. The Labute approximate surface area is 161 Å². The Hall–Kier alpha value is -3.55. The molecule has 1 fully saturated rings. The Bertz CT molecular complexity index is 1150. The molecule has 5 rings (SSSR count). The Balaban J connectivity index is 1.49. The van der Waals surface area contributed by atoms with Crippen molar-refractivity contribution in [2.75, 3.05) is 6.54 Å². The zero-order chi connectivity index (χ0) is 19.1. The summed E-state index contributed by atoms with van der Waals surface area (Å²) in [7, 11) is 0. The van der Waals surface area contributed by atoms with Gasteiger partial charge in [0.25, 0.3) is 5.91 Å². The van der Waals surface area contributed by atoms with Crippen molar-refractivity contribution < 1.29 is 4.79 Å². The molecule has 0 spiro atoms. The number of para-hydroxylation sites is 1. The van der Waals surface area contributed by atoms with Gasteiger partial charge < -0.3 is 4.90 Å². The maximum Gasteiger partial charge on any atom is 0.276 e. The summed E-state index contributed by atoms with van der Waals surface area (Å²) < 4.78 is 1.95. The standard InChI is InChI=1S/C20H19N7O/c1-14-18(24-27(23-14)15-8-3-2-4-9-15)20(28)25-13-7-10-16(25)19-22-21-17-11-5-6-12-26(17)19/h2-6,8-9,11-12,16H,7,10,13H2,1H3. The van der Waals surface area contributed by atoms with Crippen molar-refractivity contribution >= 4 is 11.6 Å². The van der Waals surface area contributed by atoms with E-state index in [4.69, 9.17) is 0 Å². The Kier molecular flexibility index (Phi) is 3.89. The van der Waals surface area contributed by atoms with Gasteiger partial charge in [-0.05, 0) is 44.0 Å². The number of carbonyl (C=O) groups is 1. The lowest BCUT2D eigenvalue weighted by Gasteiger charge is -2.22. The number of rotatable bonds is 3. The van der Waals surface area contributed by atoms with Crippen molar-refractivity contribution in [2.45, 2.75) is 25.8 Å². The number of amides is 1. The topological polar surface area (TPSA) is 81.2 Å². The summed E-state index contributed by atoms with van der Waals surface area (Å²) >= 11 is 0. The molecule has 0 bridgehead atoms. The van der Waals surface area contributed by atoms with E-state index in [0.717, 1.165) is 30.0 Å². The molecule has 0 N–H and O–H groups in total. The lowest BCUT2D eigenvalue weighted by atomic mass is 10.2. The van der Waals surface area contributed by atoms with Crippen LogP contribution in [0.5, 0.6) is 0 Å². The van der Waals surface area contributed by atoms with Gasteiger partial charge in [0, 0.05) is 12.7 Å². The van der Waals surface area contributed by atoms with E-state index in [1.807, 2.05) is 71.0 Å². The molecule has 0 saturated carbocycles. The molecule has 4 heterocycles. The predicted octanol–water partition coefficient (Wildman–Crippen LogP) is 2.60. The number of aryl methyl sites for hydroxylation is 1. The number of nitrogens with zero attached hydrogens (tertiary/aromatic N) is 7. The number of likely N-dealkylation sites (tertiary alicyclic amines) is 1. The van der Waals surface area contributed by atoms with Crippen LogP contribution >= 0.6 is 0 Å². The fourth-order valence-corrected chi connectivity index (χ4v) is 3.75. The van der Waals surface area contributed by atoms with Gasteiger partial charge in [-0.2, -0.15) is 9.90 Å². The van der Waals surface area contributed by atoms with Gasteiger partial charge >= 0.3 is 0 Å². The van der Waals surface area contributed by atoms with Crippen molar-refractivity contribution in [2.24, 2.45) is 0 Å². The largest absolute Gasteiger partial charge is 0.327 e. The van der Waals surface area contributed by atoms with E-state index < -0.39 is 0 Å². The fraction of sp³-hybridized carbons (Fsp3) is 0.250. The quantitative estimate of drug-likeness (QED) is 0.551. The molecule has 3 aromatic heterocycles. The highest BCUT2D eigenvalue weighted by Crippen LogP contribution is 2.32. The predicted molar refractivity (Wildman–Crippen MR) is 102 cm³/mol. The van der Waals surface area contributed by atoms with Crippen LogP contribution in [0.25, 0.3) is 11.3 Å². The highest BCUT2D eigenvalue weighted by molar-refractivity contribution is 5.93. The molecule has 1 saturated heterocycles. The number of pyridine rings is 1. The van der Waals surface area contributed by atoms with Crippen LogP contribution in [0.2, 0.25) is 0 Å². The van der Waals surface area contributed by atoms with Crippen LogP contribution in [0.3, 0.4) is 0 Å². The summed E-state index contributed by atoms with van der Waals surface area (Å²) in [6.45, 7) is 2.49. The minimum absolute atomic E-state index is 0.116. The second kappa shape index (κ2) is 6.56. The number of aromatic nitrogens is 6. The number of fused-ring (bicyclic) bond motifs is 1. The third kappa shape index (κ3) is 2.65. The minimum Gasteiger partial charge on any atom is -0.327 e. The van der Waals surface area contributed by atoms with Crippen LogP contribution in [0.15, 0.2) is 54.7 Å². The van der Waals surface area contributed by atoms with E-state index >= 15 is 0 Å². The first-order valence-corrected chi connectivity index (χ1v) is 9.32. The Morgan fingerprint density at radius 3 is 2.71 bits per heavy atom. The van der Waals surface area contributed by atoms with Crippen LogP contribution in [0.4, 0.5) is 0 Å². The molecule has 0 aliphatic carbocycles. The van der Waals surface area contributed by atoms with Crippen LogP contribution in [0.1, 0.15) is 40.9 Å². The van der Waals surface area contributed by atoms with Crippen molar-refractivity contribution in [3.05, 3.63) is 71.9 Å². The van der Waals surface area contributed by atoms with Gasteiger partial charge in [0.05, 0.1) is 17.4 Å². The van der Waals surface area contributed by atoms with Crippen LogP contribution in [0, 0.1) is 6.92 Å². The fourth-order valence-electron chi connectivity index (χ4n) is 3.75. The van der Waals surface area contributed by atoms with E-state index in [-0.39, 0.29) is 11.9 Å². The Morgan fingerprint density at radius 2 is 1.86 bits per heavy atom. The zero-order valence-electron chi connectivity index (χ0n) is 15.4. The first-order valence-electron chi connectivity index (χ1n) is 9.32. The van der Waals surface area contributed by atoms with Gasteiger partial charge in [0.2, 0.25) is 0 Å². The molecule has 0 radical (unpaired) electrons. The SMILES string of the molecule is Cc1nn(-c2ccccc2)nc1C(=O)N1CCCC1c1nnc2ccccn12. The molecule has 1 aliphatic rings.